The second-order valence-corrected chi connectivity index (χ2v) is 8.41. The Hall–Kier alpha value is -4.75. The lowest BCUT2D eigenvalue weighted by Crippen LogP contribution is -2.38. The molecule has 14 heteroatoms. The molecule has 0 atom stereocenters. The fourth-order valence-electron chi connectivity index (χ4n) is 2.84. The molecule has 1 saturated heterocycles. The molecular weight excluding hydrogens is 478 g/mol. The molecule has 14 nitrogen and oxygen atoms in total. The Morgan fingerprint density at radius 2 is 1.89 bits per heavy atom. The van der Waals surface area contributed by atoms with Crippen molar-refractivity contribution in [2.75, 3.05) is 19.8 Å². The number of urea groups is 1. The van der Waals surface area contributed by atoms with Crippen LogP contribution in [0, 0.1) is 10.1 Å². The van der Waals surface area contributed by atoms with Crippen LogP contribution in [0.5, 0.6) is 0 Å². The molecule has 0 saturated carbocycles. The van der Waals surface area contributed by atoms with Gasteiger partial charge in [0.25, 0.3) is 11.6 Å². The van der Waals surface area contributed by atoms with E-state index in [2.05, 4.69) is 10.4 Å². The lowest BCUT2D eigenvalue weighted by molar-refractivity contribution is -0.384. The molecular formula is C22H23N5O9. The summed E-state index contributed by atoms with van der Waals surface area (Å²) in [6.07, 6.45) is 0.406. The number of benzene rings is 1. The van der Waals surface area contributed by atoms with Crippen molar-refractivity contribution in [3.05, 3.63) is 52.3 Å². The number of alkyl carbamates (subject to hydrolysis) is 1. The van der Waals surface area contributed by atoms with Gasteiger partial charge in [0.15, 0.2) is 6.73 Å². The maximum atomic E-state index is 12.4. The first-order chi connectivity index (χ1) is 16.9. The second kappa shape index (κ2) is 10.7. The van der Waals surface area contributed by atoms with Gasteiger partial charge in [0.2, 0.25) is 0 Å². The van der Waals surface area contributed by atoms with E-state index in [1.807, 2.05) is 0 Å². The highest BCUT2D eigenvalue weighted by molar-refractivity contribution is 6.02. The number of non-ortho nitro benzene ring substituents is 1. The molecule has 1 aromatic heterocycles. The van der Waals surface area contributed by atoms with Crippen LogP contribution < -0.4 is 5.32 Å². The Bertz CT molecular complexity index is 1200. The smallest absolute Gasteiger partial charge is 0.408 e. The lowest BCUT2D eigenvalue weighted by atomic mass is 10.1. The van der Waals surface area contributed by atoms with Crippen molar-refractivity contribution in [1.29, 1.82) is 0 Å². The van der Waals surface area contributed by atoms with Crippen LogP contribution in [0.3, 0.4) is 0 Å². The molecule has 36 heavy (non-hydrogen) atoms. The summed E-state index contributed by atoms with van der Waals surface area (Å²) >= 11 is 0. The standard InChI is InChI=1S/C22H23N5O9/c1-22(2,3)36-20(30)23-11-19(29)34-13-25-18(28)12-26(21(25)31)24-10-16-8-9-17(35-16)14-4-6-15(7-5-14)27(32)33/h4-10H,11-13H2,1-3H3,(H,23,30)/b24-10+. The Balaban J connectivity index is 1.51. The minimum Gasteiger partial charge on any atom is -0.455 e. The van der Waals surface area contributed by atoms with Gasteiger partial charge >= 0.3 is 18.1 Å². The van der Waals surface area contributed by atoms with Gasteiger partial charge in [0.05, 0.1) is 11.1 Å². The maximum absolute atomic E-state index is 12.4. The molecule has 2 heterocycles. The van der Waals surface area contributed by atoms with Crippen molar-refractivity contribution in [1.82, 2.24) is 15.2 Å². The number of amides is 4. The van der Waals surface area contributed by atoms with Crippen LogP contribution in [-0.4, -0.2) is 70.5 Å². The third-order valence-electron chi connectivity index (χ3n) is 4.48. The highest BCUT2D eigenvalue weighted by Gasteiger charge is 2.37. The number of nitrogens with zero attached hydrogens (tertiary/aromatic N) is 4. The first kappa shape index (κ1) is 25.9. The predicted octanol–water partition coefficient (Wildman–Crippen LogP) is 2.48. The van der Waals surface area contributed by atoms with Gasteiger partial charge in [-0.1, -0.05) is 0 Å². The minimum absolute atomic E-state index is 0.0566. The summed E-state index contributed by atoms with van der Waals surface area (Å²) in [5.41, 5.74) is -0.199. The van der Waals surface area contributed by atoms with Crippen LogP contribution in [0.4, 0.5) is 15.3 Å². The zero-order chi connectivity index (χ0) is 26.5. The van der Waals surface area contributed by atoms with Crippen LogP contribution in [0.2, 0.25) is 0 Å². The number of nitro benzene ring substituents is 1. The molecule has 3 rings (SSSR count). The molecule has 1 aliphatic rings. The molecule has 1 aliphatic heterocycles. The van der Waals surface area contributed by atoms with Crippen molar-refractivity contribution in [2.45, 2.75) is 26.4 Å². The van der Waals surface area contributed by atoms with Gasteiger partial charge in [-0.2, -0.15) is 5.10 Å². The highest BCUT2D eigenvalue weighted by Crippen LogP contribution is 2.24. The number of carbonyl (C=O) groups excluding carboxylic acids is 4. The molecule has 0 radical (unpaired) electrons. The molecule has 0 spiro atoms. The summed E-state index contributed by atoms with van der Waals surface area (Å²) in [5.74, 6) is -0.834. The topological polar surface area (TPSA) is 174 Å². The zero-order valence-corrected chi connectivity index (χ0v) is 19.6. The van der Waals surface area contributed by atoms with E-state index < -0.39 is 47.8 Å². The van der Waals surface area contributed by atoms with Crippen LogP contribution in [-0.2, 0) is 19.1 Å². The minimum atomic E-state index is -0.877. The third-order valence-corrected chi connectivity index (χ3v) is 4.48. The van der Waals surface area contributed by atoms with Crippen molar-refractivity contribution < 1.29 is 38.0 Å². The van der Waals surface area contributed by atoms with Gasteiger partial charge in [-0.25, -0.2) is 19.5 Å². The van der Waals surface area contributed by atoms with Crippen molar-refractivity contribution in [2.24, 2.45) is 5.10 Å². The molecule has 4 amide bonds. The van der Waals surface area contributed by atoms with Gasteiger partial charge in [-0.05, 0) is 45.0 Å². The molecule has 1 fully saturated rings. The summed E-state index contributed by atoms with van der Waals surface area (Å²) in [5, 5.41) is 17.8. The summed E-state index contributed by atoms with van der Waals surface area (Å²) < 4.78 is 15.5. The van der Waals surface area contributed by atoms with Crippen LogP contribution in [0.15, 0.2) is 45.9 Å². The van der Waals surface area contributed by atoms with E-state index in [4.69, 9.17) is 13.9 Å². The summed E-state index contributed by atoms with van der Waals surface area (Å²) in [6.45, 7) is 3.44. The van der Waals surface area contributed by atoms with E-state index in [1.54, 1.807) is 32.9 Å². The fraction of sp³-hybridized carbons (Fsp3) is 0.318. The first-order valence-corrected chi connectivity index (χ1v) is 10.6. The zero-order valence-electron chi connectivity index (χ0n) is 19.6. The van der Waals surface area contributed by atoms with E-state index in [0.717, 1.165) is 5.01 Å². The second-order valence-electron chi connectivity index (χ2n) is 8.41. The highest BCUT2D eigenvalue weighted by atomic mass is 16.6. The van der Waals surface area contributed by atoms with Gasteiger partial charge in [-0.15, -0.1) is 0 Å². The van der Waals surface area contributed by atoms with Crippen LogP contribution >= 0.6 is 0 Å². The van der Waals surface area contributed by atoms with Crippen LogP contribution in [0.1, 0.15) is 26.5 Å². The summed E-state index contributed by atoms with van der Waals surface area (Å²) in [6, 6.07) is 8.12. The average Bonchev–Trinajstić information content (AvgIpc) is 3.38. The number of imide groups is 1. The van der Waals surface area contributed by atoms with Gasteiger partial charge in [-0.3, -0.25) is 19.7 Å². The third kappa shape index (κ3) is 6.88. The maximum Gasteiger partial charge on any atom is 0.408 e. The lowest BCUT2D eigenvalue weighted by Gasteiger charge is -2.19. The number of hydrogen-bond donors (Lipinski definition) is 1. The Labute approximate surface area is 204 Å². The number of nitrogens with one attached hydrogen (secondary N) is 1. The normalized spacial score (nSPS) is 13.9. The molecule has 190 valence electrons. The molecule has 0 aliphatic carbocycles. The van der Waals surface area contributed by atoms with E-state index in [9.17, 15) is 29.3 Å². The predicted molar refractivity (Wildman–Crippen MR) is 123 cm³/mol. The van der Waals surface area contributed by atoms with Crippen LogP contribution in [0.25, 0.3) is 11.3 Å². The number of hydrogen-bond acceptors (Lipinski definition) is 10. The fourth-order valence-corrected chi connectivity index (χ4v) is 2.84. The molecule has 1 N–H and O–H groups in total. The van der Waals surface area contributed by atoms with E-state index >= 15 is 0 Å². The van der Waals surface area contributed by atoms with E-state index in [0.29, 0.717) is 16.2 Å². The number of nitro groups is 1. The monoisotopic (exact) mass is 501 g/mol. The number of esters is 1. The Morgan fingerprint density at radius 1 is 1.19 bits per heavy atom. The van der Waals surface area contributed by atoms with Crippen molar-refractivity contribution in [3.63, 3.8) is 0 Å². The number of hydrazone groups is 1. The quantitative estimate of drug-likeness (QED) is 0.187. The molecule has 0 bridgehead atoms. The largest absolute Gasteiger partial charge is 0.455 e. The molecule has 1 aromatic carbocycles. The average molecular weight is 501 g/mol. The number of rotatable bonds is 8. The first-order valence-electron chi connectivity index (χ1n) is 10.6. The van der Waals surface area contributed by atoms with Crippen molar-refractivity contribution in [3.8, 4) is 11.3 Å². The van der Waals surface area contributed by atoms with E-state index in [1.165, 1.54) is 30.5 Å². The molecule has 2 aromatic rings. The summed E-state index contributed by atoms with van der Waals surface area (Å²) in [4.78, 5) is 58.9. The molecule has 0 unspecified atom stereocenters. The van der Waals surface area contributed by atoms with Gasteiger partial charge in [0.1, 0.15) is 30.2 Å². The Morgan fingerprint density at radius 3 is 2.53 bits per heavy atom. The van der Waals surface area contributed by atoms with Crippen molar-refractivity contribution >= 4 is 35.9 Å². The number of ether oxygens (including phenoxy) is 2. The number of furan rings is 1. The van der Waals surface area contributed by atoms with Gasteiger partial charge in [0, 0.05) is 17.7 Å². The summed E-state index contributed by atoms with van der Waals surface area (Å²) in [7, 11) is 0. The van der Waals surface area contributed by atoms with E-state index in [-0.39, 0.29) is 18.0 Å². The van der Waals surface area contributed by atoms with Gasteiger partial charge < -0.3 is 19.2 Å². The number of carbonyl (C=O) groups is 4. The Kier molecular flexibility index (Phi) is 7.67. The SMILES string of the molecule is CC(C)(C)OC(=O)NCC(=O)OCN1C(=O)CN(/N=C/c2ccc(-c3ccc([N+](=O)[O-])cc3)o2)C1=O.